The van der Waals surface area contributed by atoms with Gasteiger partial charge < -0.3 is 9.47 Å². The summed E-state index contributed by atoms with van der Waals surface area (Å²) >= 11 is 0. The normalized spacial score (nSPS) is 26.4. The number of carbonyl (C=O) groups excluding carboxylic acids is 3. The van der Waals surface area contributed by atoms with Gasteiger partial charge in [-0.15, -0.1) is 0 Å². The molecule has 0 amide bonds. The summed E-state index contributed by atoms with van der Waals surface area (Å²) < 4.78 is 10.7. The molecule has 2 heterocycles. The van der Waals surface area contributed by atoms with E-state index in [1.807, 2.05) is 48.5 Å². The zero-order valence-corrected chi connectivity index (χ0v) is 19.7. The van der Waals surface area contributed by atoms with E-state index < -0.39 is 23.3 Å². The Hall–Kier alpha value is -3.25. The third kappa shape index (κ3) is 4.18. The molecule has 2 saturated heterocycles. The molecule has 0 unspecified atom stereocenters. The molecule has 0 radical (unpaired) electrons. The summed E-state index contributed by atoms with van der Waals surface area (Å²) in [4.78, 5) is 42.2. The van der Waals surface area contributed by atoms with Gasteiger partial charge in [-0.2, -0.15) is 0 Å². The maximum Gasteiger partial charge on any atom is 0.330 e. The van der Waals surface area contributed by atoms with E-state index in [9.17, 15) is 14.4 Å². The van der Waals surface area contributed by atoms with Crippen LogP contribution in [-0.4, -0.2) is 48.4 Å². The number of fused-ring (bicyclic) bond motifs is 1. The first kappa shape index (κ1) is 23.9. The van der Waals surface area contributed by atoms with Crippen LogP contribution in [0, 0.1) is 11.8 Å². The molecule has 0 aliphatic carbocycles. The van der Waals surface area contributed by atoms with Crippen molar-refractivity contribution in [2.24, 2.45) is 11.8 Å². The van der Waals surface area contributed by atoms with Gasteiger partial charge in [-0.3, -0.25) is 14.5 Å². The van der Waals surface area contributed by atoms with E-state index in [2.05, 4.69) is 4.90 Å². The van der Waals surface area contributed by atoms with Crippen LogP contribution in [0.15, 0.2) is 72.8 Å². The molecule has 2 fully saturated rings. The molecule has 0 saturated carbocycles. The van der Waals surface area contributed by atoms with E-state index in [-0.39, 0.29) is 31.0 Å². The van der Waals surface area contributed by atoms with E-state index in [1.165, 1.54) is 6.08 Å². The van der Waals surface area contributed by atoms with Crippen molar-refractivity contribution in [3.8, 4) is 0 Å². The fraction of sp³-hybridized carbons (Fsp3) is 0.393. The summed E-state index contributed by atoms with van der Waals surface area (Å²) in [6, 6.07) is 18.6. The van der Waals surface area contributed by atoms with E-state index in [1.54, 1.807) is 32.1 Å². The molecule has 6 heteroatoms. The Morgan fingerprint density at radius 3 is 2.26 bits per heavy atom. The molecular formula is C28H31NO5. The minimum atomic E-state index is -0.987. The lowest BCUT2D eigenvalue weighted by Gasteiger charge is -2.40. The van der Waals surface area contributed by atoms with Gasteiger partial charge in [0.05, 0.1) is 30.6 Å². The first-order valence-corrected chi connectivity index (χ1v) is 12.0. The van der Waals surface area contributed by atoms with Crippen LogP contribution in [0.3, 0.4) is 0 Å². The number of nitrogens with zero attached hydrogens (tertiary/aromatic N) is 1. The predicted molar refractivity (Wildman–Crippen MR) is 128 cm³/mol. The molecule has 34 heavy (non-hydrogen) atoms. The lowest BCUT2D eigenvalue weighted by atomic mass is 9.70. The number of Topliss-reactive ketones (excluding diaryl/α,β-unsaturated/α-hetero) is 1. The quantitative estimate of drug-likeness (QED) is 0.334. The number of benzene rings is 2. The van der Waals surface area contributed by atoms with E-state index >= 15 is 0 Å². The summed E-state index contributed by atoms with van der Waals surface area (Å²) in [7, 11) is 0. The Balaban J connectivity index is 1.95. The summed E-state index contributed by atoms with van der Waals surface area (Å²) in [6.07, 6.45) is 4.87. The first-order valence-electron chi connectivity index (χ1n) is 12.0. The molecule has 2 aliphatic rings. The summed E-state index contributed by atoms with van der Waals surface area (Å²) in [5, 5.41) is 0. The Kier molecular flexibility index (Phi) is 7.27. The fourth-order valence-electron chi connectivity index (χ4n) is 5.71. The Morgan fingerprint density at radius 2 is 1.62 bits per heavy atom. The van der Waals surface area contributed by atoms with E-state index in [0.29, 0.717) is 12.1 Å². The molecule has 2 aromatic carbocycles. The van der Waals surface area contributed by atoms with Crippen LogP contribution in [0.2, 0.25) is 0 Å². The number of ether oxygens (including phenoxy) is 2. The third-order valence-electron chi connectivity index (χ3n) is 6.92. The Labute approximate surface area is 200 Å². The van der Waals surface area contributed by atoms with E-state index in [4.69, 9.17) is 9.47 Å². The van der Waals surface area contributed by atoms with Crippen molar-refractivity contribution in [1.82, 2.24) is 4.90 Å². The number of ketones is 1. The molecule has 6 nitrogen and oxygen atoms in total. The molecule has 4 atom stereocenters. The summed E-state index contributed by atoms with van der Waals surface area (Å²) in [5.41, 5.74) is 0.413. The first-order chi connectivity index (χ1) is 16.5. The standard InChI is InChI=1S/C28H31NO5/c1-3-33-23(30)17-18-28(21-14-9-6-10-15-21)25(26(31)20-12-7-5-8-13-20)24(27(32)34-4-2)22-16-11-19-29(22)28/h5-10,12-15,17-18,22,24-25H,3-4,11,16,19H2,1-2H3/b18-17+/t22-,24-,25-,28-/m1/s1. The van der Waals surface area contributed by atoms with Gasteiger partial charge in [-0.25, -0.2) is 4.79 Å². The maximum atomic E-state index is 14.2. The molecule has 2 aliphatic heterocycles. The third-order valence-corrected chi connectivity index (χ3v) is 6.92. The monoisotopic (exact) mass is 461 g/mol. The van der Waals surface area contributed by atoms with Crippen molar-refractivity contribution < 1.29 is 23.9 Å². The molecule has 0 bridgehead atoms. The topological polar surface area (TPSA) is 72.9 Å². The van der Waals surface area contributed by atoms with Crippen LogP contribution in [0.1, 0.15) is 42.6 Å². The van der Waals surface area contributed by atoms with Crippen molar-refractivity contribution in [3.63, 3.8) is 0 Å². The lowest BCUT2D eigenvalue weighted by Crippen LogP contribution is -2.47. The van der Waals surface area contributed by atoms with Crippen molar-refractivity contribution in [3.05, 3.63) is 83.9 Å². The number of rotatable bonds is 8. The second kappa shape index (κ2) is 10.3. The number of esters is 2. The van der Waals surface area contributed by atoms with Gasteiger partial charge in [0.1, 0.15) is 0 Å². The molecule has 2 aromatic rings. The van der Waals surface area contributed by atoms with Crippen molar-refractivity contribution in [2.45, 2.75) is 38.3 Å². The van der Waals surface area contributed by atoms with Crippen molar-refractivity contribution in [1.29, 1.82) is 0 Å². The van der Waals surface area contributed by atoms with Crippen LogP contribution in [0.25, 0.3) is 0 Å². The molecule has 0 N–H and O–H groups in total. The minimum Gasteiger partial charge on any atom is -0.466 e. The average Bonchev–Trinajstić information content (AvgIpc) is 3.44. The van der Waals surface area contributed by atoms with Gasteiger partial charge in [0.15, 0.2) is 5.78 Å². The fourth-order valence-corrected chi connectivity index (χ4v) is 5.71. The zero-order chi connectivity index (χ0) is 24.1. The zero-order valence-electron chi connectivity index (χ0n) is 19.7. The SMILES string of the molecule is CCOC(=O)/C=C/[C@@]1(c2ccccc2)[C@@H](C(=O)c2ccccc2)[C@H](C(=O)OCC)[C@H]2CCCN21. The van der Waals surface area contributed by atoms with Crippen molar-refractivity contribution >= 4 is 17.7 Å². The summed E-state index contributed by atoms with van der Waals surface area (Å²) in [6.45, 7) is 4.74. The number of carbonyl (C=O) groups is 3. The second-order valence-corrected chi connectivity index (χ2v) is 8.67. The van der Waals surface area contributed by atoms with Crippen LogP contribution in [-0.2, 0) is 24.6 Å². The Bertz CT molecular complexity index is 1050. The number of hydrogen-bond donors (Lipinski definition) is 0. The maximum absolute atomic E-state index is 14.2. The molecule has 4 rings (SSSR count). The largest absolute Gasteiger partial charge is 0.466 e. The van der Waals surface area contributed by atoms with Gasteiger partial charge in [0.2, 0.25) is 0 Å². The lowest BCUT2D eigenvalue weighted by molar-refractivity contribution is -0.149. The van der Waals surface area contributed by atoms with Gasteiger partial charge in [0.25, 0.3) is 0 Å². The van der Waals surface area contributed by atoms with Gasteiger partial charge in [0, 0.05) is 17.7 Å². The van der Waals surface area contributed by atoms with Gasteiger partial charge in [-0.1, -0.05) is 66.7 Å². The molecule has 0 spiro atoms. The van der Waals surface area contributed by atoms with Gasteiger partial charge >= 0.3 is 11.9 Å². The highest BCUT2D eigenvalue weighted by Gasteiger charge is 2.64. The smallest absolute Gasteiger partial charge is 0.330 e. The van der Waals surface area contributed by atoms with Crippen LogP contribution in [0.5, 0.6) is 0 Å². The minimum absolute atomic E-state index is 0.134. The van der Waals surface area contributed by atoms with Gasteiger partial charge in [-0.05, 0) is 38.8 Å². The van der Waals surface area contributed by atoms with Crippen molar-refractivity contribution in [2.75, 3.05) is 19.8 Å². The van der Waals surface area contributed by atoms with Crippen LogP contribution in [0.4, 0.5) is 0 Å². The summed E-state index contributed by atoms with van der Waals surface area (Å²) in [5.74, 6) is -2.38. The van der Waals surface area contributed by atoms with Crippen LogP contribution < -0.4 is 0 Å². The highest BCUT2D eigenvalue weighted by molar-refractivity contribution is 6.02. The van der Waals surface area contributed by atoms with E-state index in [0.717, 1.165) is 18.4 Å². The highest BCUT2D eigenvalue weighted by Crippen LogP contribution is 2.55. The molecule has 0 aromatic heterocycles. The molecule has 178 valence electrons. The van der Waals surface area contributed by atoms with Crippen LogP contribution >= 0.6 is 0 Å². The Morgan fingerprint density at radius 1 is 0.971 bits per heavy atom. The molecular weight excluding hydrogens is 430 g/mol. The number of hydrogen-bond acceptors (Lipinski definition) is 6. The highest BCUT2D eigenvalue weighted by atomic mass is 16.5. The predicted octanol–water partition coefficient (Wildman–Crippen LogP) is 4.16. The average molecular weight is 462 g/mol. The second-order valence-electron chi connectivity index (χ2n) is 8.67.